The van der Waals surface area contributed by atoms with Crippen LogP contribution in [0.5, 0.6) is 0 Å². The molecular formula is C23H23FN2O4S. The highest BCUT2D eigenvalue weighted by Gasteiger charge is 2.34. The van der Waals surface area contributed by atoms with Gasteiger partial charge in [0.1, 0.15) is 12.4 Å². The molecule has 8 heteroatoms. The highest BCUT2D eigenvalue weighted by Crippen LogP contribution is 2.37. The fourth-order valence-corrected chi connectivity index (χ4v) is 4.76. The van der Waals surface area contributed by atoms with Crippen molar-refractivity contribution in [2.75, 3.05) is 33.4 Å². The van der Waals surface area contributed by atoms with Gasteiger partial charge < -0.3 is 19.0 Å². The van der Waals surface area contributed by atoms with E-state index in [1.807, 2.05) is 11.4 Å². The highest BCUT2D eigenvalue weighted by atomic mass is 32.1. The second-order valence-electron chi connectivity index (χ2n) is 7.29. The molecule has 1 atom stereocenters. The number of thiophene rings is 1. The van der Waals surface area contributed by atoms with Crippen LogP contribution in [0.2, 0.25) is 0 Å². The molecule has 162 valence electrons. The summed E-state index contributed by atoms with van der Waals surface area (Å²) < 4.78 is 23.9. The van der Waals surface area contributed by atoms with Gasteiger partial charge in [0, 0.05) is 25.1 Å². The Balaban J connectivity index is 1.60. The Hall–Kier alpha value is -2.97. The largest absolute Gasteiger partial charge is 0.459 e. The number of hydrogen-bond donors (Lipinski definition) is 0. The second kappa shape index (κ2) is 9.45. The summed E-state index contributed by atoms with van der Waals surface area (Å²) in [6.45, 7) is 0.998. The number of fused-ring (bicyclic) bond motifs is 1. The zero-order valence-corrected chi connectivity index (χ0v) is 17.9. The SMILES string of the molecule is COCCN(CC(=O)N1CCc2sccc2C1c1ccc(F)cc1)C(=O)c1ccco1. The molecule has 3 aromatic rings. The average molecular weight is 443 g/mol. The number of carbonyl (C=O) groups is 2. The van der Waals surface area contributed by atoms with Crippen LogP contribution < -0.4 is 0 Å². The molecule has 6 nitrogen and oxygen atoms in total. The van der Waals surface area contributed by atoms with Gasteiger partial charge in [-0.3, -0.25) is 9.59 Å². The smallest absolute Gasteiger partial charge is 0.290 e. The maximum Gasteiger partial charge on any atom is 0.290 e. The number of methoxy groups -OCH3 is 1. The Bertz CT molecular complexity index is 1030. The predicted octanol–water partition coefficient (Wildman–Crippen LogP) is 3.74. The van der Waals surface area contributed by atoms with E-state index in [-0.39, 0.29) is 42.5 Å². The molecule has 0 bridgehead atoms. The third-order valence-corrected chi connectivity index (χ3v) is 6.38. The number of rotatable bonds is 7. The molecule has 2 amide bonds. The summed E-state index contributed by atoms with van der Waals surface area (Å²) in [5.41, 5.74) is 1.90. The van der Waals surface area contributed by atoms with Crippen molar-refractivity contribution in [3.63, 3.8) is 0 Å². The van der Waals surface area contributed by atoms with Crippen LogP contribution in [-0.2, 0) is 16.0 Å². The number of carbonyl (C=O) groups excluding carboxylic acids is 2. The fraction of sp³-hybridized carbons (Fsp3) is 0.304. The third-order valence-electron chi connectivity index (χ3n) is 5.38. The summed E-state index contributed by atoms with van der Waals surface area (Å²) in [6.07, 6.45) is 2.18. The molecule has 31 heavy (non-hydrogen) atoms. The monoisotopic (exact) mass is 442 g/mol. The van der Waals surface area contributed by atoms with Crippen LogP contribution in [-0.4, -0.2) is 55.0 Å². The number of ether oxygens (including phenoxy) is 1. The Labute approximate surface area is 183 Å². The van der Waals surface area contributed by atoms with Crippen LogP contribution in [0, 0.1) is 5.82 Å². The lowest BCUT2D eigenvalue weighted by molar-refractivity contribution is -0.134. The molecule has 1 aliphatic rings. The highest BCUT2D eigenvalue weighted by molar-refractivity contribution is 7.10. The van der Waals surface area contributed by atoms with Crippen molar-refractivity contribution in [1.82, 2.24) is 9.80 Å². The van der Waals surface area contributed by atoms with Crippen LogP contribution in [0.15, 0.2) is 58.5 Å². The third kappa shape index (κ3) is 4.55. The van der Waals surface area contributed by atoms with Crippen LogP contribution >= 0.6 is 11.3 Å². The lowest BCUT2D eigenvalue weighted by Gasteiger charge is -2.37. The van der Waals surface area contributed by atoms with Crippen molar-refractivity contribution in [3.8, 4) is 0 Å². The predicted molar refractivity (Wildman–Crippen MR) is 114 cm³/mol. The molecule has 0 aliphatic carbocycles. The quantitative estimate of drug-likeness (QED) is 0.559. The lowest BCUT2D eigenvalue weighted by atomic mass is 9.93. The molecule has 1 unspecified atom stereocenters. The minimum atomic E-state index is -0.359. The van der Waals surface area contributed by atoms with E-state index in [1.54, 1.807) is 47.6 Å². The number of halogens is 1. The van der Waals surface area contributed by atoms with Gasteiger partial charge >= 0.3 is 0 Å². The van der Waals surface area contributed by atoms with Gasteiger partial charge in [-0.1, -0.05) is 12.1 Å². The number of amides is 2. The van der Waals surface area contributed by atoms with E-state index < -0.39 is 0 Å². The lowest BCUT2D eigenvalue weighted by Crippen LogP contribution is -2.47. The van der Waals surface area contributed by atoms with Gasteiger partial charge in [0.25, 0.3) is 5.91 Å². The maximum atomic E-state index is 13.5. The topological polar surface area (TPSA) is 63.0 Å². The zero-order valence-electron chi connectivity index (χ0n) is 17.1. The van der Waals surface area contributed by atoms with Crippen molar-refractivity contribution in [3.05, 3.63) is 81.7 Å². The van der Waals surface area contributed by atoms with E-state index in [1.165, 1.54) is 28.2 Å². The minimum Gasteiger partial charge on any atom is -0.459 e. The molecular weight excluding hydrogens is 419 g/mol. The molecule has 0 N–H and O–H groups in total. The van der Waals surface area contributed by atoms with Crippen molar-refractivity contribution >= 4 is 23.2 Å². The van der Waals surface area contributed by atoms with E-state index in [0.717, 1.165) is 17.5 Å². The molecule has 0 saturated heterocycles. The first-order valence-corrected chi connectivity index (χ1v) is 10.9. The van der Waals surface area contributed by atoms with Crippen LogP contribution in [0.4, 0.5) is 4.39 Å². The van der Waals surface area contributed by atoms with E-state index in [9.17, 15) is 14.0 Å². The fourth-order valence-electron chi connectivity index (χ4n) is 3.85. The molecule has 0 saturated carbocycles. The number of hydrogen-bond acceptors (Lipinski definition) is 5. The Morgan fingerprint density at radius 2 is 2.06 bits per heavy atom. The van der Waals surface area contributed by atoms with Crippen LogP contribution in [0.1, 0.15) is 32.6 Å². The number of benzene rings is 1. The Morgan fingerprint density at radius 3 is 2.77 bits per heavy atom. The van der Waals surface area contributed by atoms with Crippen LogP contribution in [0.3, 0.4) is 0 Å². The standard InChI is InChI=1S/C23H23FN2O4S/c1-29-13-11-25(23(28)19-3-2-12-30-19)15-21(27)26-10-8-20-18(9-14-31-20)22(26)16-4-6-17(24)7-5-16/h2-7,9,12,14,22H,8,10-11,13,15H2,1H3. The summed E-state index contributed by atoms with van der Waals surface area (Å²) in [6, 6.07) is 11.2. The van der Waals surface area contributed by atoms with Gasteiger partial charge in [-0.2, -0.15) is 0 Å². The van der Waals surface area contributed by atoms with E-state index in [2.05, 4.69) is 0 Å². The zero-order chi connectivity index (χ0) is 21.8. The number of furan rings is 1. The first-order valence-electron chi connectivity index (χ1n) is 10.0. The van der Waals surface area contributed by atoms with Gasteiger partial charge in [-0.05, 0) is 53.3 Å². The molecule has 0 radical (unpaired) electrons. The Morgan fingerprint density at radius 1 is 1.26 bits per heavy atom. The molecule has 1 aliphatic heterocycles. The van der Waals surface area contributed by atoms with Gasteiger partial charge in [0.05, 0.1) is 18.9 Å². The summed E-state index contributed by atoms with van der Waals surface area (Å²) in [5, 5.41) is 2.01. The maximum absolute atomic E-state index is 13.5. The van der Waals surface area contributed by atoms with Crippen molar-refractivity contribution in [2.45, 2.75) is 12.5 Å². The van der Waals surface area contributed by atoms with Crippen molar-refractivity contribution < 1.29 is 23.1 Å². The first-order chi connectivity index (χ1) is 15.1. The van der Waals surface area contributed by atoms with Gasteiger partial charge in [-0.15, -0.1) is 11.3 Å². The van der Waals surface area contributed by atoms with E-state index in [4.69, 9.17) is 9.15 Å². The normalized spacial score (nSPS) is 15.5. The summed E-state index contributed by atoms with van der Waals surface area (Å²) >= 11 is 1.66. The summed E-state index contributed by atoms with van der Waals surface area (Å²) in [4.78, 5) is 30.7. The summed E-state index contributed by atoms with van der Waals surface area (Å²) in [7, 11) is 1.55. The van der Waals surface area contributed by atoms with Gasteiger partial charge in [0.2, 0.25) is 5.91 Å². The average Bonchev–Trinajstić information content (AvgIpc) is 3.48. The Kier molecular flexibility index (Phi) is 6.48. The van der Waals surface area contributed by atoms with Crippen LogP contribution in [0.25, 0.3) is 0 Å². The molecule has 4 rings (SSSR count). The van der Waals surface area contributed by atoms with Crippen molar-refractivity contribution in [1.29, 1.82) is 0 Å². The van der Waals surface area contributed by atoms with E-state index in [0.29, 0.717) is 13.2 Å². The molecule has 3 heterocycles. The van der Waals surface area contributed by atoms with Crippen molar-refractivity contribution in [2.24, 2.45) is 0 Å². The molecule has 0 fully saturated rings. The first kappa shape index (κ1) is 21.3. The molecule has 0 spiro atoms. The second-order valence-corrected chi connectivity index (χ2v) is 8.29. The minimum absolute atomic E-state index is 0.0972. The number of nitrogens with zero attached hydrogens (tertiary/aromatic N) is 2. The van der Waals surface area contributed by atoms with E-state index >= 15 is 0 Å². The van der Waals surface area contributed by atoms with Gasteiger partial charge in [-0.25, -0.2) is 4.39 Å². The summed E-state index contributed by atoms with van der Waals surface area (Å²) in [5.74, 6) is -0.681. The van der Waals surface area contributed by atoms with Gasteiger partial charge in [0.15, 0.2) is 5.76 Å². The molecule has 2 aromatic heterocycles. The molecule has 1 aromatic carbocycles.